The highest BCUT2D eigenvalue weighted by Gasteiger charge is 2.39. The third kappa shape index (κ3) is 3.49. The second-order valence-corrected chi connectivity index (χ2v) is 7.29. The maximum absolute atomic E-state index is 13.0. The predicted molar refractivity (Wildman–Crippen MR) is 93.0 cm³/mol. The van der Waals surface area contributed by atoms with E-state index in [-0.39, 0.29) is 29.2 Å². The lowest BCUT2D eigenvalue weighted by Crippen LogP contribution is -2.24. The van der Waals surface area contributed by atoms with Gasteiger partial charge in [0.05, 0.1) is 17.5 Å². The molecule has 1 aliphatic rings. The van der Waals surface area contributed by atoms with Crippen molar-refractivity contribution in [3.05, 3.63) is 29.4 Å². The van der Waals surface area contributed by atoms with Gasteiger partial charge in [-0.1, -0.05) is 5.16 Å². The summed E-state index contributed by atoms with van der Waals surface area (Å²) in [5, 5.41) is 5.90. The standard InChI is InChI=1S/C16H15ClF2N6O3/c1-7-9(12(26)20-5-8-23-14(28-25-8)16(17,18)19)10-11(24-15(2)3-4-15)21-6-22-13(10)27-7/h6H,3-5H2,1-2H3,(H,20,26)(H,21,22,24). The minimum absolute atomic E-state index is 0.0754. The van der Waals surface area contributed by atoms with Crippen LogP contribution in [0.5, 0.6) is 0 Å². The smallest absolute Gasteiger partial charge is 0.400 e. The zero-order valence-electron chi connectivity index (χ0n) is 14.8. The van der Waals surface area contributed by atoms with Crippen LogP contribution in [-0.4, -0.2) is 31.6 Å². The molecule has 1 amide bonds. The molecule has 4 rings (SSSR count). The van der Waals surface area contributed by atoms with Crippen molar-refractivity contribution in [3.63, 3.8) is 0 Å². The first-order chi connectivity index (χ1) is 13.2. The molecule has 9 nitrogen and oxygen atoms in total. The normalized spacial score (nSPS) is 15.6. The van der Waals surface area contributed by atoms with Gasteiger partial charge < -0.3 is 19.6 Å². The van der Waals surface area contributed by atoms with Crippen LogP contribution in [0, 0.1) is 6.92 Å². The van der Waals surface area contributed by atoms with Crippen molar-refractivity contribution in [3.8, 4) is 0 Å². The Kier molecular flexibility index (Phi) is 4.21. The summed E-state index contributed by atoms with van der Waals surface area (Å²) in [7, 11) is 0. The molecule has 148 valence electrons. The van der Waals surface area contributed by atoms with Gasteiger partial charge in [0, 0.05) is 5.54 Å². The molecular formula is C16H15ClF2N6O3. The minimum Gasteiger partial charge on any atom is -0.442 e. The molecule has 0 aliphatic heterocycles. The lowest BCUT2D eigenvalue weighted by atomic mass is 10.1. The van der Waals surface area contributed by atoms with Gasteiger partial charge in [0.15, 0.2) is 5.82 Å². The van der Waals surface area contributed by atoms with Crippen LogP contribution in [0.25, 0.3) is 11.1 Å². The SMILES string of the molecule is Cc1oc2ncnc(NC3(C)CC3)c2c1C(=O)NCc1noc(C(F)(F)Cl)n1. The summed E-state index contributed by atoms with van der Waals surface area (Å²) >= 11 is 4.83. The van der Waals surface area contributed by atoms with Gasteiger partial charge in [-0.15, -0.1) is 0 Å². The second kappa shape index (κ2) is 6.36. The van der Waals surface area contributed by atoms with Crippen LogP contribution in [0.1, 0.15) is 47.6 Å². The lowest BCUT2D eigenvalue weighted by Gasteiger charge is -2.13. The van der Waals surface area contributed by atoms with Crippen LogP contribution in [-0.2, 0) is 11.9 Å². The fourth-order valence-corrected chi connectivity index (χ4v) is 2.78. The van der Waals surface area contributed by atoms with Crippen LogP contribution in [0.2, 0.25) is 0 Å². The molecule has 0 atom stereocenters. The van der Waals surface area contributed by atoms with Gasteiger partial charge in [-0.2, -0.15) is 13.8 Å². The van der Waals surface area contributed by atoms with Crippen molar-refractivity contribution in [1.82, 2.24) is 25.4 Å². The molecule has 0 radical (unpaired) electrons. The highest BCUT2D eigenvalue weighted by molar-refractivity contribution is 6.21. The molecule has 1 aliphatic carbocycles. The maximum atomic E-state index is 13.0. The maximum Gasteiger partial charge on any atom is 0.400 e. The quantitative estimate of drug-likeness (QED) is 0.593. The van der Waals surface area contributed by atoms with E-state index in [9.17, 15) is 13.6 Å². The van der Waals surface area contributed by atoms with E-state index in [1.165, 1.54) is 6.33 Å². The number of alkyl halides is 3. The van der Waals surface area contributed by atoms with Crippen molar-refractivity contribution in [2.24, 2.45) is 0 Å². The third-order valence-corrected chi connectivity index (χ3v) is 4.59. The Balaban J connectivity index is 1.58. The molecular weight excluding hydrogens is 398 g/mol. The van der Waals surface area contributed by atoms with Gasteiger partial charge in [-0.05, 0) is 38.3 Å². The molecule has 0 saturated heterocycles. The Morgan fingerprint density at radius 2 is 2.14 bits per heavy atom. The topological polar surface area (TPSA) is 119 Å². The Hall–Kier alpha value is -2.82. The number of fused-ring (bicyclic) bond motifs is 1. The van der Waals surface area contributed by atoms with E-state index < -0.39 is 17.2 Å². The van der Waals surface area contributed by atoms with Crippen LogP contribution in [0.3, 0.4) is 0 Å². The molecule has 0 aromatic carbocycles. The highest BCUT2D eigenvalue weighted by atomic mass is 35.5. The number of furan rings is 1. The van der Waals surface area contributed by atoms with Gasteiger partial charge in [-0.3, -0.25) is 4.79 Å². The summed E-state index contributed by atoms with van der Waals surface area (Å²) < 4.78 is 35.9. The Bertz CT molecular complexity index is 1060. The zero-order chi connectivity index (χ0) is 20.1. The first-order valence-corrected chi connectivity index (χ1v) is 8.74. The number of rotatable bonds is 6. The number of nitrogens with zero attached hydrogens (tertiary/aromatic N) is 4. The minimum atomic E-state index is -3.77. The summed E-state index contributed by atoms with van der Waals surface area (Å²) in [5.74, 6) is -0.858. The second-order valence-electron chi connectivity index (χ2n) is 6.82. The largest absolute Gasteiger partial charge is 0.442 e. The first kappa shape index (κ1) is 18.5. The highest BCUT2D eigenvalue weighted by Crippen LogP contribution is 2.40. The number of amides is 1. The van der Waals surface area contributed by atoms with E-state index in [0.717, 1.165) is 12.8 Å². The molecule has 0 spiro atoms. The molecule has 0 bridgehead atoms. The number of halogens is 3. The Morgan fingerprint density at radius 1 is 1.39 bits per heavy atom. The van der Waals surface area contributed by atoms with Crippen molar-refractivity contribution in [1.29, 1.82) is 0 Å². The van der Waals surface area contributed by atoms with Gasteiger partial charge in [0.2, 0.25) is 5.71 Å². The van der Waals surface area contributed by atoms with Gasteiger partial charge >= 0.3 is 11.3 Å². The molecule has 2 N–H and O–H groups in total. The van der Waals surface area contributed by atoms with E-state index in [1.807, 2.05) is 6.92 Å². The Morgan fingerprint density at radius 3 is 2.79 bits per heavy atom. The fourth-order valence-electron chi connectivity index (χ4n) is 2.70. The third-order valence-electron chi connectivity index (χ3n) is 4.43. The first-order valence-electron chi connectivity index (χ1n) is 8.36. The molecule has 3 aromatic rings. The molecule has 0 unspecified atom stereocenters. The molecule has 28 heavy (non-hydrogen) atoms. The number of hydrogen-bond acceptors (Lipinski definition) is 8. The number of carbonyl (C=O) groups is 1. The van der Waals surface area contributed by atoms with E-state index in [0.29, 0.717) is 17.0 Å². The average Bonchev–Trinajstić information content (AvgIpc) is 3.04. The summed E-state index contributed by atoms with van der Waals surface area (Å²) in [5.41, 5.74) is 0.440. The zero-order valence-corrected chi connectivity index (χ0v) is 15.6. The number of hydrogen-bond donors (Lipinski definition) is 2. The van der Waals surface area contributed by atoms with Gasteiger partial charge in [0.1, 0.15) is 17.9 Å². The monoisotopic (exact) mass is 412 g/mol. The number of carbonyl (C=O) groups excluding carboxylic acids is 1. The van der Waals surface area contributed by atoms with Crippen LogP contribution in [0.15, 0.2) is 15.3 Å². The number of aromatic nitrogens is 4. The van der Waals surface area contributed by atoms with Gasteiger partial charge in [0.25, 0.3) is 5.91 Å². The van der Waals surface area contributed by atoms with Crippen molar-refractivity contribution in [2.45, 2.75) is 44.2 Å². The average molecular weight is 413 g/mol. The van der Waals surface area contributed by atoms with Crippen molar-refractivity contribution < 1.29 is 22.5 Å². The van der Waals surface area contributed by atoms with Crippen LogP contribution >= 0.6 is 11.6 Å². The summed E-state index contributed by atoms with van der Waals surface area (Å²) in [6, 6.07) is 0. The van der Waals surface area contributed by atoms with E-state index in [4.69, 9.17) is 16.0 Å². The van der Waals surface area contributed by atoms with E-state index in [1.54, 1.807) is 6.92 Å². The molecule has 1 saturated carbocycles. The lowest BCUT2D eigenvalue weighted by molar-refractivity contribution is 0.0550. The Labute approximate surface area is 161 Å². The molecule has 1 fully saturated rings. The fraction of sp³-hybridized carbons (Fsp3) is 0.438. The van der Waals surface area contributed by atoms with Crippen molar-refractivity contribution in [2.75, 3.05) is 5.32 Å². The number of nitrogens with one attached hydrogen (secondary N) is 2. The van der Waals surface area contributed by atoms with Gasteiger partial charge in [-0.25, -0.2) is 9.97 Å². The predicted octanol–water partition coefficient (Wildman–Crippen LogP) is 3.10. The summed E-state index contributed by atoms with van der Waals surface area (Å²) in [6.45, 7) is 3.43. The van der Waals surface area contributed by atoms with Crippen molar-refractivity contribution >= 4 is 34.4 Å². The molecule has 12 heteroatoms. The number of anilines is 1. The van der Waals surface area contributed by atoms with Crippen LogP contribution < -0.4 is 10.6 Å². The number of aryl methyl sites for hydroxylation is 1. The van der Waals surface area contributed by atoms with Crippen LogP contribution in [0.4, 0.5) is 14.6 Å². The van der Waals surface area contributed by atoms with E-state index in [2.05, 4.69) is 35.3 Å². The molecule has 3 aromatic heterocycles. The molecule has 3 heterocycles. The summed E-state index contributed by atoms with van der Waals surface area (Å²) in [4.78, 5) is 24.5. The summed E-state index contributed by atoms with van der Waals surface area (Å²) in [6.07, 6.45) is 3.33. The van der Waals surface area contributed by atoms with E-state index >= 15 is 0 Å².